The first-order valence-electron chi connectivity index (χ1n) is 6.30. The molecule has 0 amide bonds. The lowest BCUT2D eigenvalue weighted by Crippen LogP contribution is -2.41. The maximum atomic E-state index is 7.49. The molecule has 0 aliphatic carbocycles. The van der Waals surface area contributed by atoms with Crippen molar-refractivity contribution >= 4 is 14.0 Å². The van der Waals surface area contributed by atoms with Crippen molar-refractivity contribution in [3.8, 4) is 5.88 Å². The van der Waals surface area contributed by atoms with Crippen LogP contribution in [-0.4, -0.2) is 37.6 Å². The average Bonchev–Trinajstić information content (AvgIpc) is 2.71. The van der Waals surface area contributed by atoms with Crippen molar-refractivity contribution in [2.75, 3.05) is 13.2 Å². The smallest absolute Gasteiger partial charge is 0.285 e. The van der Waals surface area contributed by atoms with Crippen LogP contribution in [-0.2, 0) is 4.43 Å². The average molecular weight is 285 g/mol. The molecule has 1 rings (SSSR count). The highest BCUT2D eigenvalue weighted by atomic mass is 28.4. The zero-order chi connectivity index (χ0) is 14.7. The molecular weight excluding hydrogens is 262 g/mol. The number of rotatable bonds is 6. The van der Waals surface area contributed by atoms with Gasteiger partial charge in [0.15, 0.2) is 14.0 Å². The summed E-state index contributed by atoms with van der Waals surface area (Å²) in [4.78, 5) is 0. The Morgan fingerprint density at radius 2 is 1.89 bits per heavy atom. The van der Waals surface area contributed by atoms with Crippen LogP contribution in [0.15, 0.2) is 4.63 Å². The largest absolute Gasteiger partial charge is 0.471 e. The minimum absolute atomic E-state index is 0.180. The van der Waals surface area contributed by atoms with Crippen LogP contribution < -0.4 is 4.74 Å². The van der Waals surface area contributed by atoms with Gasteiger partial charge in [-0.15, -0.1) is 0 Å². The Bertz CT molecular complexity index is 438. The van der Waals surface area contributed by atoms with Crippen molar-refractivity contribution < 1.29 is 13.8 Å². The van der Waals surface area contributed by atoms with Gasteiger partial charge in [-0.05, 0) is 35.4 Å². The van der Waals surface area contributed by atoms with E-state index in [1.807, 2.05) is 0 Å². The quantitative estimate of drug-likeness (QED) is 0.494. The Labute approximate surface area is 115 Å². The van der Waals surface area contributed by atoms with Crippen LogP contribution in [0.2, 0.25) is 18.1 Å². The minimum atomic E-state index is -1.74. The molecule has 0 bridgehead atoms. The Balaban J connectivity index is 2.44. The second-order valence-electron chi connectivity index (χ2n) is 6.00. The minimum Gasteiger partial charge on any atom is -0.471 e. The van der Waals surface area contributed by atoms with Crippen molar-refractivity contribution in [1.29, 1.82) is 5.41 Å². The van der Waals surface area contributed by atoms with Crippen LogP contribution >= 0.6 is 0 Å². The van der Waals surface area contributed by atoms with Crippen molar-refractivity contribution in [2.24, 2.45) is 0 Å². The molecular formula is C12H23N3O3Si. The molecule has 0 fully saturated rings. The Kier molecular flexibility index (Phi) is 4.86. The summed E-state index contributed by atoms with van der Waals surface area (Å²) in [6.07, 6.45) is 0. The first-order chi connectivity index (χ1) is 8.65. The molecule has 0 atom stereocenters. The summed E-state index contributed by atoms with van der Waals surface area (Å²) in [5.74, 6) is 0.256. The third-order valence-corrected chi connectivity index (χ3v) is 7.94. The fraction of sp³-hybridized carbons (Fsp3) is 0.750. The lowest BCUT2D eigenvalue weighted by Gasteiger charge is -2.36. The van der Waals surface area contributed by atoms with Gasteiger partial charge in [0.05, 0.1) is 12.3 Å². The van der Waals surface area contributed by atoms with Crippen LogP contribution in [0.4, 0.5) is 0 Å². The van der Waals surface area contributed by atoms with E-state index < -0.39 is 8.32 Å². The van der Waals surface area contributed by atoms with Gasteiger partial charge in [-0.25, -0.2) is 4.63 Å². The molecule has 7 heteroatoms. The number of nitrogens with zero attached hydrogens (tertiary/aromatic N) is 2. The van der Waals surface area contributed by atoms with Gasteiger partial charge in [0.25, 0.3) is 5.88 Å². The molecule has 6 nitrogen and oxygen atoms in total. The zero-order valence-electron chi connectivity index (χ0n) is 12.5. The third kappa shape index (κ3) is 4.14. The van der Waals surface area contributed by atoms with Gasteiger partial charge in [-0.2, -0.15) is 0 Å². The maximum Gasteiger partial charge on any atom is 0.285 e. The van der Waals surface area contributed by atoms with Crippen molar-refractivity contribution in [1.82, 2.24) is 10.3 Å². The second-order valence-corrected chi connectivity index (χ2v) is 10.8. The summed E-state index contributed by atoms with van der Waals surface area (Å²) in [6, 6.07) is 0. The van der Waals surface area contributed by atoms with Crippen LogP contribution in [0.5, 0.6) is 5.88 Å². The van der Waals surface area contributed by atoms with Crippen molar-refractivity contribution in [2.45, 2.75) is 45.8 Å². The number of aromatic nitrogens is 2. The molecule has 0 saturated carbocycles. The van der Waals surface area contributed by atoms with Gasteiger partial charge >= 0.3 is 0 Å². The predicted octanol–water partition coefficient (Wildman–Crippen LogP) is 2.86. The predicted molar refractivity (Wildman–Crippen MR) is 75.4 cm³/mol. The standard InChI is InChI=1S/C12H23N3O3Si/c1-9(13)10-11(15-18-14-10)16-7-8-17-19(5,6)12(2,3)4/h13H,7-8H2,1-6H3. The number of hydrogen-bond acceptors (Lipinski definition) is 6. The molecule has 1 heterocycles. The van der Waals surface area contributed by atoms with E-state index in [0.717, 1.165) is 0 Å². The van der Waals surface area contributed by atoms with Gasteiger partial charge in [0, 0.05) is 0 Å². The van der Waals surface area contributed by atoms with Gasteiger partial charge < -0.3 is 14.6 Å². The van der Waals surface area contributed by atoms with Gasteiger partial charge in [-0.3, -0.25) is 0 Å². The molecule has 0 spiro atoms. The molecule has 0 aliphatic heterocycles. The van der Waals surface area contributed by atoms with E-state index in [4.69, 9.17) is 14.6 Å². The van der Waals surface area contributed by atoms with E-state index in [2.05, 4.69) is 48.8 Å². The van der Waals surface area contributed by atoms with E-state index in [9.17, 15) is 0 Å². The van der Waals surface area contributed by atoms with Crippen molar-refractivity contribution in [3.63, 3.8) is 0 Å². The molecule has 19 heavy (non-hydrogen) atoms. The van der Waals surface area contributed by atoms with E-state index >= 15 is 0 Å². The highest BCUT2D eigenvalue weighted by Gasteiger charge is 2.36. The van der Waals surface area contributed by atoms with E-state index in [1.54, 1.807) is 6.92 Å². The SMILES string of the molecule is CC(=N)c1nonc1OCCO[Si](C)(C)C(C)(C)C. The summed E-state index contributed by atoms with van der Waals surface area (Å²) >= 11 is 0. The highest BCUT2D eigenvalue weighted by Crippen LogP contribution is 2.36. The molecule has 1 aromatic heterocycles. The lowest BCUT2D eigenvalue weighted by atomic mass is 10.2. The normalized spacial score (nSPS) is 12.5. The van der Waals surface area contributed by atoms with Gasteiger partial charge in [0.2, 0.25) is 0 Å². The molecule has 1 N–H and O–H groups in total. The topological polar surface area (TPSA) is 81.2 Å². The summed E-state index contributed by atoms with van der Waals surface area (Å²) in [5.41, 5.74) is 0.605. The Hall–Kier alpha value is -1.21. The van der Waals surface area contributed by atoms with Crippen molar-refractivity contribution in [3.05, 3.63) is 5.69 Å². The fourth-order valence-electron chi connectivity index (χ4n) is 1.16. The molecule has 0 saturated heterocycles. The summed E-state index contributed by atoms with van der Waals surface area (Å²) < 4.78 is 16.0. The van der Waals surface area contributed by atoms with E-state index in [-0.39, 0.29) is 16.6 Å². The van der Waals surface area contributed by atoms with Crippen LogP contribution in [0.25, 0.3) is 0 Å². The van der Waals surface area contributed by atoms with E-state index in [1.165, 1.54) is 0 Å². The maximum absolute atomic E-state index is 7.49. The van der Waals surface area contributed by atoms with Gasteiger partial charge in [0.1, 0.15) is 6.61 Å². The molecule has 0 unspecified atom stereocenters. The first kappa shape index (κ1) is 15.8. The highest BCUT2D eigenvalue weighted by molar-refractivity contribution is 6.74. The zero-order valence-corrected chi connectivity index (χ0v) is 13.5. The summed E-state index contributed by atoms with van der Waals surface area (Å²) in [6.45, 7) is 13.4. The summed E-state index contributed by atoms with van der Waals surface area (Å²) in [7, 11) is -1.74. The summed E-state index contributed by atoms with van der Waals surface area (Å²) in [5, 5.41) is 14.9. The number of ether oxygens (including phenoxy) is 1. The monoisotopic (exact) mass is 285 g/mol. The number of nitrogens with one attached hydrogen (secondary N) is 1. The third-order valence-electron chi connectivity index (χ3n) is 3.40. The molecule has 0 aliphatic rings. The lowest BCUT2D eigenvalue weighted by molar-refractivity contribution is 0.189. The van der Waals surface area contributed by atoms with E-state index in [0.29, 0.717) is 18.9 Å². The Morgan fingerprint density at radius 3 is 2.42 bits per heavy atom. The van der Waals surface area contributed by atoms with Crippen LogP contribution in [0, 0.1) is 5.41 Å². The van der Waals surface area contributed by atoms with Crippen LogP contribution in [0.1, 0.15) is 33.4 Å². The molecule has 0 radical (unpaired) electrons. The second kappa shape index (κ2) is 5.83. The molecule has 108 valence electrons. The molecule has 0 aromatic carbocycles. The first-order valence-corrected chi connectivity index (χ1v) is 9.21. The number of hydrogen-bond donors (Lipinski definition) is 1. The van der Waals surface area contributed by atoms with Crippen LogP contribution in [0.3, 0.4) is 0 Å². The molecule has 1 aromatic rings. The fourth-order valence-corrected chi connectivity index (χ4v) is 2.18. The van der Waals surface area contributed by atoms with Gasteiger partial charge in [-0.1, -0.05) is 20.8 Å². The Morgan fingerprint density at radius 1 is 1.26 bits per heavy atom.